The van der Waals surface area contributed by atoms with Crippen LogP contribution in [0.4, 0.5) is 5.00 Å². The molecule has 0 aliphatic heterocycles. The predicted octanol–water partition coefficient (Wildman–Crippen LogP) is 4.43. The normalized spacial score (nSPS) is 14.4. The summed E-state index contributed by atoms with van der Waals surface area (Å²) in [4.78, 5) is 26.0. The first kappa shape index (κ1) is 16.8. The lowest BCUT2D eigenvalue weighted by atomic mass is 9.96. The van der Waals surface area contributed by atoms with E-state index in [4.69, 9.17) is 9.15 Å². The van der Waals surface area contributed by atoms with Crippen LogP contribution in [0.2, 0.25) is 0 Å². The molecule has 0 unspecified atom stereocenters. The molecule has 0 atom stereocenters. The number of rotatable bonds is 4. The second-order valence-electron chi connectivity index (χ2n) is 5.77. The van der Waals surface area contributed by atoms with Crippen LogP contribution in [-0.4, -0.2) is 18.5 Å². The van der Waals surface area contributed by atoms with Gasteiger partial charge in [0.25, 0.3) is 5.91 Å². The molecule has 2 heterocycles. The number of carbonyl (C=O) groups excluding carboxylic acids is 2. The van der Waals surface area contributed by atoms with Crippen LogP contribution in [0.5, 0.6) is 0 Å². The van der Waals surface area contributed by atoms with E-state index < -0.39 is 0 Å². The quantitative estimate of drug-likeness (QED) is 0.831. The molecule has 24 heavy (non-hydrogen) atoms. The fourth-order valence-electron chi connectivity index (χ4n) is 3.00. The average molecular weight is 347 g/mol. The van der Waals surface area contributed by atoms with E-state index in [1.54, 1.807) is 19.1 Å². The SMILES string of the molecule is CCOC(=O)c1c(NC(=O)c2ccco2)sc2c1CCCCCC2. The lowest BCUT2D eigenvalue weighted by Gasteiger charge is -2.11. The van der Waals surface area contributed by atoms with Crippen LogP contribution >= 0.6 is 11.3 Å². The summed E-state index contributed by atoms with van der Waals surface area (Å²) in [6.45, 7) is 2.10. The van der Waals surface area contributed by atoms with Crippen molar-refractivity contribution in [2.24, 2.45) is 0 Å². The van der Waals surface area contributed by atoms with Crippen LogP contribution in [0.3, 0.4) is 0 Å². The molecule has 0 spiro atoms. The van der Waals surface area contributed by atoms with Gasteiger partial charge in [-0.25, -0.2) is 4.79 Å². The molecule has 0 fully saturated rings. The van der Waals surface area contributed by atoms with Gasteiger partial charge in [-0.1, -0.05) is 12.8 Å². The van der Waals surface area contributed by atoms with Crippen LogP contribution in [0.1, 0.15) is 64.0 Å². The molecule has 0 aromatic carbocycles. The number of aryl methyl sites for hydroxylation is 1. The monoisotopic (exact) mass is 347 g/mol. The Morgan fingerprint density at radius 2 is 2.04 bits per heavy atom. The first-order valence-electron chi connectivity index (χ1n) is 8.37. The van der Waals surface area contributed by atoms with Gasteiger partial charge in [0.2, 0.25) is 0 Å². The summed E-state index contributed by atoms with van der Waals surface area (Å²) in [5.74, 6) is -0.476. The van der Waals surface area contributed by atoms with E-state index in [1.807, 2.05) is 0 Å². The highest BCUT2D eigenvalue weighted by molar-refractivity contribution is 7.17. The smallest absolute Gasteiger partial charge is 0.341 e. The van der Waals surface area contributed by atoms with E-state index in [-0.39, 0.29) is 17.6 Å². The van der Waals surface area contributed by atoms with Crippen LogP contribution < -0.4 is 5.32 Å². The Hall–Kier alpha value is -2.08. The van der Waals surface area contributed by atoms with Crippen molar-refractivity contribution in [2.45, 2.75) is 45.4 Å². The molecular formula is C18H21NO4S. The highest BCUT2D eigenvalue weighted by Crippen LogP contribution is 2.37. The largest absolute Gasteiger partial charge is 0.462 e. The van der Waals surface area contributed by atoms with Gasteiger partial charge in [-0.2, -0.15) is 0 Å². The van der Waals surface area contributed by atoms with Crippen molar-refractivity contribution in [3.05, 3.63) is 40.2 Å². The van der Waals surface area contributed by atoms with E-state index in [0.717, 1.165) is 31.2 Å². The molecular weight excluding hydrogens is 326 g/mol. The Labute approximate surface area is 145 Å². The average Bonchev–Trinajstić information content (AvgIpc) is 3.16. The predicted molar refractivity (Wildman–Crippen MR) is 92.8 cm³/mol. The van der Waals surface area contributed by atoms with Gasteiger partial charge in [0.15, 0.2) is 5.76 Å². The van der Waals surface area contributed by atoms with Crippen molar-refractivity contribution < 1.29 is 18.7 Å². The zero-order valence-electron chi connectivity index (χ0n) is 13.7. The van der Waals surface area contributed by atoms with Gasteiger partial charge in [0.05, 0.1) is 18.4 Å². The lowest BCUT2D eigenvalue weighted by molar-refractivity contribution is 0.0526. The molecule has 1 amide bonds. The molecule has 0 radical (unpaired) electrons. The molecule has 1 aliphatic carbocycles. The summed E-state index contributed by atoms with van der Waals surface area (Å²) >= 11 is 1.49. The summed E-state index contributed by atoms with van der Waals surface area (Å²) in [5, 5.41) is 3.41. The van der Waals surface area contributed by atoms with E-state index in [9.17, 15) is 9.59 Å². The molecule has 128 valence electrons. The van der Waals surface area contributed by atoms with Crippen LogP contribution in [-0.2, 0) is 17.6 Å². The minimum atomic E-state index is -0.356. The number of anilines is 1. The summed E-state index contributed by atoms with van der Waals surface area (Å²) in [5.41, 5.74) is 1.58. The van der Waals surface area contributed by atoms with Gasteiger partial charge in [-0.15, -0.1) is 11.3 Å². The minimum absolute atomic E-state index is 0.227. The second kappa shape index (κ2) is 7.66. The van der Waals surface area contributed by atoms with Gasteiger partial charge >= 0.3 is 5.97 Å². The highest BCUT2D eigenvalue weighted by Gasteiger charge is 2.26. The van der Waals surface area contributed by atoms with E-state index in [2.05, 4.69) is 5.32 Å². The first-order chi connectivity index (χ1) is 11.7. The Kier molecular flexibility index (Phi) is 5.35. The van der Waals surface area contributed by atoms with Crippen molar-refractivity contribution in [3.8, 4) is 0 Å². The number of nitrogens with one attached hydrogen (secondary N) is 1. The van der Waals surface area contributed by atoms with Gasteiger partial charge < -0.3 is 14.5 Å². The molecule has 1 N–H and O–H groups in total. The molecule has 0 saturated carbocycles. The van der Waals surface area contributed by atoms with E-state index in [0.29, 0.717) is 17.2 Å². The molecule has 2 aromatic rings. The van der Waals surface area contributed by atoms with Crippen LogP contribution in [0, 0.1) is 0 Å². The lowest BCUT2D eigenvalue weighted by Crippen LogP contribution is -2.15. The zero-order chi connectivity index (χ0) is 16.9. The highest BCUT2D eigenvalue weighted by atomic mass is 32.1. The molecule has 2 aromatic heterocycles. The third kappa shape index (κ3) is 3.53. The number of thiophene rings is 1. The van der Waals surface area contributed by atoms with Gasteiger partial charge in [0.1, 0.15) is 5.00 Å². The number of esters is 1. The number of fused-ring (bicyclic) bond motifs is 1. The summed E-state index contributed by atoms with van der Waals surface area (Å²) in [6, 6.07) is 3.26. The Bertz CT molecular complexity index is 718. The number of carbonyl (C=O) groups is 2. The van der Waals surface area contributed by atoms with Crippen molar-refractivity contribution in [1.29, 1.82) is 0 Å². The number of amides is 1. The Balaban J connectivity index is 1.95. The molecule has 6 heteroatoms. The number of hydrogen-bond acceptors (Lipinski definition) is 5. The third-order valence-corrected chi connectivity index (χ3v) is 5.33. The number of hydrogen-bond donors (Lipinski definition) is 1. The maximum absolute atomic E-state index is 12.5. The van der Waals surface area contributed by atoms with Crippen molar-refractivity contribution >= 4 is 28.2 Å². The molecule has 0 bridgehead atoms. The second-order valence-corrected chi connectivity index (χ2v) is 6.88. The number of ether oxygens (including phenoxy) is 1. The maximum Gasteiger partial charge on any atom is 0.341 e. The summed E-state index contributed by atoms with van der Waals surface area (Å²) in [7, 11) is 0. The Morgan fingerprint density at radius 3 is 2.75 bits per heavy atom. The van der Waals surface area contributed by atoms with Crippen molar-refractivity contribution in [2.75, 3.05) is 11.9 Å². The van der Waals surface area contributed by atoms with Crippen molar-refractivity contribution in [3.63, 3.8) is 0 Å². The standard InChI is InChI=1S/C18H21NO4S/c1-2-22-18(21)15-12-8-5-3-4-6-10-14(12)24-17(15)19-16(20)13-9-7-11-23-13/h7,9,11H,2-6,8,10H2,1H3,(H,19,20). The molecule has 3 rings (SSSR count). The Morgan fingerprint density at radius 1 is 1.25 bits per heavy atom. The van der Waals surface area contributed by atoms with Gasteiger partial charge in [-0.3, -0.25) is 4.79 Å². The topological polar surface area (TPSA) is 68.5 Å². The first-order valence-corrected chi connectivity index (χ1v) is 9.19. The van der Waals surface area contributed by atoms with Gasteiger partial charge in [0, 0.05) is 4.88 Å². The van der Waals surface area contributed by atoms with E-state index >= 15 is 0 Å². The fourth-order valence-corrected chi connectivity index (χ4v) is 4.27. The van der Waals surface area contributed by atoms with Crippen LogP contribution in [0.25, 0.3) is 0 Å². The molecule has 0 saturated heterocycles. The van der Waals surface area contributed by atoms with E-state index in [1.165, 1.54) is 35.3 Å². The molecule has 1 aliphatic rings. The van der Waals surface area contributed by atoms with Crippen molar-refractivity contribution in [1.82, 2.24) is 0 Å². The summed E-state index contributed by atoms with van der Waals surface area (Å²) in [6.07, 6.45) is 7.81. The van der Waals surface area contributed by atoms with Gasteiger partial charge in [-0.05, 0) is 50.3 Å². The zero-order valence-corrected chi connectivity index (χ0v) is 14.5. The maximum atomic E-state index is 12.5. The minimum Gasteiger partial charge on any atom is -0.462 e. The number of furan rings is 1. The fraction of sp³-hybridized carbons (Fsp3) is 0.444. The molecule has 5 nitrogen and oxygen atoms in total. The third-order valence-electron chi connectivity index (χ3n) is 4.12. The summed E-state index contributed by atoms with van der Waals surface area (Å²) < 4.78 is 10.4. The van der Waals surface area contributed by atoms with Crippen LogP contribution in [0.15, 0.2) is 22.8 Å².